The zero-order valence-electron chi connectivity index (χ0n) is 11.3. The smallest absolute Gasteiger partial charge is 0.270 e. The maximum Gasteiger partial charge on any atom is 0.270 e. The fraction of sp³-hybridized carbons (Fsp3) is 0.154. The van der Waals surface area contributed by atoms with Crippen LogP contribution >= 0.6 is 0 Å². The van der Waals surface area contributed by atoms with Crippen molar-refractivity contribution in [2.45, 2.75) is 6.92 Å². The predicted octanol–water partition coefficient (Wildman–Crippen LogP) is 1.76. The van der Waals surface area contributed by atoms with Gasteiger partial charge in [0.05, 0.1) is 4.92 Å². The van der Waals surface area contributed by atoms with Crippen molar-refractivity contribution in [1.82, 2.24) is 9.78 Å². The van der Waals surface area contributed by atoms with Crippen molar-refractivity contribution in [1.29, 1.82) is 5.26 Å². The van der Waals surface area contributed by atoms with Crippen molar-refractivity contribution in [3.05, 3.63) is 51.2 Å². The third kappa shape index (κ3) is 3.03. The number of non-ortho nitro benzene ring substituents is 1. The topological polar surface area (TPSA) is 114 Å². The summed E-state index contributed by atoms with van der Waals surface area (Å²) in [5.74, 6) is -0.439. The molecular weight excluding hydrogens is 274 g/mol. The van der Waals surface area contributed by atoms with Crippen LogP contribution in [0.1, 0.15) is 21.5 Å². The molecule has 1 aromatic heterocycles. The molecule has 0 unspecified atom stereocenters. The molecule has 0 bridgehead atoms. The number of nitro groups is 1. The lowest BCUT2D eigenvalue weighted by Crippen LogP contribution is -2.14. The molecule has 0 aliphatic carbocycles. The number of nitrogens with zero attached hydrogens (tertiary/aromatic N) is 4. The van der Waals surface area contributed by atoms with Crippen LogP contribution in [0.4, 0.5) is 11.5 Å². The van der Waals surface area contributed by atoms with E-state index in [0.29, 0.717) is 5.56 Å². The quantitative estimate of drug-likeness (QED) is 0.681. The van der Waals surface area contributed by atoms with E-state index < -0.39 is 10.8 Å². The number of hydrogen-bond donors (Lipinski definition) is 1. The molecule has 21 heavy (non-hydrogen) atoms. The van der Waals surface area contributed by atoms with Gasteiger partial charge >= 0.3 is 0 Å². The number of anilines is 1. The lowest BCUT2D eigenvalue weighted by atomic mass is 10.1. The molecule has 2 aromatic rings. The van der Waals surface area contributed by atoms with Gasteiger partial charge in [0.2, 0.25) is 0 Å². The maximum atomic E-state index is 12.1. The Bertz CT molecular complexity index is 773. The van der Waals surface area contributed by atoms with E-state index >= 15 is 0 Å². The zero-order chi connectivity index (χ0) is 15.6. The van der Waals surface area contributed by atoms with E-state index in [4.69, 9.17) is 5.26 Å². The number of carbonyl (C=O) groups is 1. The first-order chi connectivity index (χ1) is 9.90. The summed E-state index contributed by atoms with van der Waals surface area (Å²) in [6.45, 7) is 1.66. The summed E-state index contributed by atoms with van der Waals surface area (Å²) < 4.78 is 1.40. The second-order valence-electron chi connectivity index (χ2n) is 4.45. The molecule has 1 heterocycles. The highest BCUT2D eigenvalue weighted by atomic mass is 16.6. The predicted molar refractivity (Wildman–Crippen MR) is 73.7 cm³/mol. The van der Waals surface area contributed by atoms with Crippen LogP contribution < -0.4 is 5.32 Å². The van der Waals surface area contributed by atoms with Crippen LogP contribution in [0.2, 0.25) is 0 Å². The largest absolute Gasteiger partial charge is 0.304 e. The monoisotopic (exact) mass is 285 g/mol. The first-order valence-electron chi connectivity index (χ1n) is 5.92. The molecule has 8 nitrogen and oxygen atoms in total. The maximum absolute atomic E-state index is 12.1. The molecular formula is C13H11N5O3. The Kier molecular flexibility index (Phi) is 3.67. The highest BCUT2D eigenvalue weighted by Crippen LogP contribution is 2.18. The summed E-state index contributed by atoms with van der Waals surface area (Å²) in [7, 11) is 1.62. The zero-order valence-corrected chi connectivity index (χ0v) is 11.3. The van der Waals surface area contributed by atoms with Gasteiger partial charge in [-0.1, -0.05) is 0 Å². The van der Waals surface area contributed by atoms with Gasteiger partial charge in [0.15, 0.2) is 5.82 Å². The lowest BCUT2D eigenvalue weighted by Gasteiger charge is -2.04. The molecule has 0 fully saturated rings. The summed E-state index contributed by atoms with van der Waals surface area (Å²) >= 11 is 0. The molecule has 1 aromatic carbocycles. The van der Waals surface area contributed by atoms with E-state index in [1.165, 1.54) is 29.1 Å². The number of rotatable bonds is 3. The van der Waals surface area contributed by atoms with E-state index in [2.05, 4.69) is 10.4 Å². The van der Waals surface area contributed by atoms with Crippen molar-refractivity contribution in [3.63, 3.8) is 0 Å². The number of nitriles is 1. The molecule has 0 aliphatic heterocycles. The number of amides is 1. The first-order valence-corrected chi connectivity index (χ1v) is 5.92. The van der Waals surface area contributed by atoms with Crippen molar-refractivity contribution in [2.75, 3.05) is 5.32 Å². The van der Waals surface area contributed by atoms with Gasteiger partial charge in [-0.3, -0.25) is 19.6 Å². The molecule has 2 rings (SSSR count). The summed E-state index contributed by atoms with van der Waals surface area (Å²) in [6.07, 6.45) is 1.47. The number of nitrogens with one attached hydrogen (secondary N) is 1. The number of aryl methyl sites for hydroxylation is 2. The Morgan fingerprint density at radius 3 is 2.81 bits per heavy atom. The van der Waals surface area contributed by atoms with Gasteiger partial charge in [-0.05, 0) is 18.6 Å². The fourth-order valence-corrected chi connectivity index (χ4v) is 1.84. The fourth-order valence-electron chi connectivity index (χ4n) is 1.84. The van der Waals surface area contributed by atoms with Gasteiger partial charge in [0.1, 0.15) is 11.6 Å². The number of carbonyl (C=O) groups excluding carboxylic acids is 1. The summed E-state index contributed by atoms with van der Waals surface area (Å²) in [5.41, 5.74) is 0.779. The van der Waals surface area contributed by atoms with E-state index in [0.717, 1.165) is 0 Å². The van der Waals surface area contributed by atoms with Crippen molar-refractivity contribution in [3.8, 4) is 6.07 Å². The van der Waals surface area contributed by atoms with Gasteiger partial charge in [-0.25, -0.2) is 0 Å². The van der Waals surface area contributed by atoms with Crippen LogP contribution in [-0.4, -0.2) is 20.6 Å². The normalized spacial score (nSPS) is 9.95. The molecule has 106 valence electrons. The summed E-state index contributed by atoms with van der Waals surface area (Å²) in [5, 5.41) is 26.2. The van der Waals surface area contributed by atoms with E-state index in [-0.39, 0.29) is 22.6 Å². The average Bonchev–Trinajstić information content (AvgIpc) is 2.77. The minimum absolute atomic E-state index is 0.120. The van der Waals surface area contributed by atoms with Gasteiger partial charge in [0.25, 0.3) is 11.6 Å². The van der Waals surface area contributed by atoms with Gasteiger partial charge in [0, 0.05) is 30.9 Å². The molecule has 0 spiro atoms. The number of hydrogen-bond acceptors (Lipinski definition) is 5. The Morgan fingerprint density at radius 2 is 2.19 bits per heavy atom. The summed E-state index contributed by atoms with van der Waals surface area (Å²) in [6, 6.07) is 5.98. The van der Waals surface area contributed by atoms with Crippen LogP contribution in [0.15, 0.2) is 24.4 Å². The molecule has 0 atom stereocenters. The molecule has 1 N–H and O–H groups in total. The highest BCUT2D eigenvalue weighted by Gasteiger charge is 2.16. The average molecular weight is 285 g/mol. The second-order valence-corrected chi connectivity index (χ2v) is 4.45. The van der Waals surface area contributed by atoms with Crippen LogP contribution in [0.5, 0.6) is 0 Å². The standard InChI is InChI=1S/C13H11N5O3/c1-8-3-9(5-11(4-8)18(20)21)13(19)15-12-10(6-14)7-17(2)16-12/h3-5,7H,1-2H3,(H,15,16,19). The van der Waals surface area contributed by atoms with Crippen LogP contribution in [-0.2, 0) is 7.05 Å². The lowest BCUT2D eigenvalue weighted by molar-refractivity contribution is -0.384. The van der Waals surface area contributed by atoms with Crippen LogP contribution in [0.3, 0.4) is 0 Å². The number of benzene rings is 1. The van der Waals surface area contributed by atoms with Crippen LogP contribution in [0.25, 0.3) is 0 Å². The van der Waals surface area contributed by atoms with Gasteiger partial charge < -0.3 is 5.32 Å². The van der Waals surface area contributed by atoms with Crippen molar-refractivity contribution < 1.29 is 9.72 Å². The Labute approximate surface area is 119 Å². The van der Waals surface area contributed by atoms with Gasteiger partial charge in [-0.2, -0.15) is 10.4 Å². The number of nitro benzene ring substituents is 1. The molecule has 0 aliphatic rings. The van der Waals surface area contributed by atoms with Crippen molar-refractivity contribution in [2.24, 2.45) is 7.05 Å². The highest BCUT2D eigenvalue weighted by molar-refractivity contribution is 6.04. The molecule has 1 amide bonds. The third-order valence-electron chi connectivity index (χ3n) is 2.72. The Hall–Kier alpha value is -3.21. The Morgan fingerprint density at radius 1 is 1.48 bits per heavy atom. The molecule has 0 saturated heterocycles. The van der Waals surface area contributed by atoms with Crippen LogP contribution in [0, 0.1) is 28.4 Å². The van der Waals surface area contributed by atoms with Crippen molar-refractivity contribution >= 4 is 17.4 Å². The molecule has 0 radical (unpaired) electrons. The van der Waals surface area contributed by atoms with E-state index in [1.54, 1.807) is 14.0 Å². The minimum Gasteiger partial charge on any atom is -0.304 e. The first kappa shape index (κ1) is 14.2. The Balaban J connectivity index is 2.32. The van der Waals surface area contributed by atoms with E-state index in [9.17, 15) is 14.9 Å². The second kappa shape index (κ2) is 5.42. The minimum atomic E-state index is -0.564. The third-order valence-corrected chi connectivity index (χ3v) is 2.72. The van der Waals surface area contributed by atoms with E-state index in [1.807, 2.05) is 6.07 Å². The molecule has 8 heteroatoms. The summed E-state index contributed by atoms with van der Waals surface area (Å²) in [4.78, 5) is 22.4. The van der Waals surface area contributed by atoms with Gasteiger partial charge in [-0.15, -0.1) is 0 Å². The SMILES string of the molecule is Cc1cc(C(=O)Nc2nn(C)cc2C#N)cc([N+](=O)[O-])c1. The number of aromatic nitrogens is 2. The molecule has 0 saturated carbocycles.